The van der Waals surface area contributed by atoms with Crippen molar-refractivity contribution >= 4 is 17.5 Å². The van der Waals surface area contributed by atoms with E-state index in [-0.39, 0.29) is 23.4 Å². The van der Waals surface area contributed by atoms with Crippen LogP contribution in [0.25, 0.3) is 4.85 Å². The standard InChI is InChI=1S/C22H17F7N4O3/c1-20(17(35-10-21(24,25)26)18(22(27,28)29)36-19(30)33-20)13-7-11(3-5-14(13)23)8-16(34)15-6-4-12(31-2)9-32-15/h3-7,9,17-18H,8,10H2,1H3,(H2,30,33)/t17-,18-,20+/m0/s1. The molecule has 1 aliphatic heterocycles. The molecule has 0 unspecified atom stereocenters. The third kappa shape index (κ3) is 5.91. The van der Waals surface area contributed by atoms with Crippen LogP contribution in [0.3, 0.4) is 0 Å². The fraction of sp³-hybridized carbons (Fsp3) is 0.364. The van der Waals surface area contributed by atoms with Gasteiger partial charge in [0, 0.05) is 18.2 Å². The van der Waals surface area contributed by atoms with Crippen LogP contribution in [0.5, 0.6) is 0 Å². The number of hydrogen-bond acceptors (Lipinski definition) is 6. The first-order valence-corrected chi connectivity index (χ1v) is 10.1. The molecule has 1 aromatic heterocycles. The quantitative estimate of drug-likeness (QED) is 0.342. The number of pyridine rings is 1. The van der Waals surface area contributed by atoms with Crippen LogP contribution in [-0.4, -0.2) is 48.0 Å². The lowest BCUT2D eigenvalue weighted by Crippen LogP contribution is -2.58. The van der Waals surface area contributed by atoms with Gasteiger partial charge in [0.15, 0.2) is 5.78 Å². The summed E-state index contributed by atoms with van der Waals surface area (Å²) in [5.41, 5.74) is 2.65. The zero-order valence-corrected chi connectivity index (χ0v) is 18.3. The Balaban J connectivity index is 2.02. The van der Waals surface area contributed by atoms with Gasteiger partial charge in [0.05, 0.1) is 6.57 Å². The largest absolute Gasteiger partial charge is 0.449 e. The summed E-state index contributed by atoms with van der Waals surface area (Å²) < 4.78 is 103. The molecule has 36 heavy (non-hydrogen) atoms. The van der Waals surface area contributed by atoms with Gasteiger partial charge in [0.1, 0.15) is 29.8 Å². The maximum absolute atomic E-state index is 14.9. The third-order valence-corrected chi connectivity index (χ3v) is 5.27. The Morgan fingerprint density at radius 3 is 2.47 bits per heavy atom. The highest BCUT2D eigenvalue weighted by Crippen LogP contribution is 2.43. The maximum Gasteiger partial charge on any atom is 0.428 e. The van der Waals surface area contributed by atoms with Gasteiger partial charge >= 0.3 is 12.4 Å². The lowest BCUT2D eigenvalue weighted by molar-refractivity contribution is -0.266. The van der Waals surface area contributed by atoms with Gasteiger partial charge in [-0.1, -0.05) is 12.1 Å². The number of amidine groups is 1. The van der Waals surface area contributed by atoms with Crippen molar-refractivity contribution in [2.24, 2.45) is 10.7 Å². The average molecular weight is 518 g/mol. The molecule has 0 radical (unpaired) electrons. The lowest BCUT2D eigenvalue weighted by atomic mass is 9.81. The van der Waals surface area contributed by atoms with Crippen LogP contribution in [0.1, 0.15) is 28.5 Å². The Hall–Kier alpha value is -3.73. The maximum atomic E-state index is 14.9. The number of rotatable bonds is 6. The molecule has 2 heterocycles. The number of alkyl halides is 6. The molecule has 0 amide bonds. The summed E-state index contributed by atoms with van der Waals surface area (Å²) in [4.78, 5) is 23.3. The van der Waals surface area contributed by atoms with Gasteiger partial charge in [-0.25, -0.2) is 14.2 Å². The van der Waals surface area contributed by atoms with Crippen LogP contribution in [0, 0.1) is 12.4 Å². The summed E-state index contributed by atoms with van der Waals surface area (Å²) in [6.45, 7) is 5.74. The Kier molecular flexibility index (Phi) is 7.26. The van der Waals surface area contributed by atoms with Crippen LogP contribution < -0.4 is 5.73 Å². The predicted molar refractivity (Wildman–Crippen MR) is 111 cm³/mol. The Bertz CT molecular complexity index is 1210. The topological polar surface area (TPSA) is 91.2 Å². The van der Waals surface area contributed by atoms with Crippen molar-refractivity contribution in [1.29, 1.82) is 0 Å². The molecule has 0 saturated heterocycles. The molecule has 3 atom stereocenters. The van der Waals surface area contributed by atoms with E-state index in [0.29, 0.717) is 0 Å². The van der Waals surface area contributed by atoms with Crippen LogP contribution in [-0.2, 0) is 21.4 Å². The third-order valence-electron chi connectivity index (χ3n) is 5.27. The van der Waals surface area contributed by atoms with E-state index in [1.54, 1.807) is 0 Å². The first-order chi connectivity index (χ1) is 16.6. The van der Waals surface area contributed by atoms with E-state index in [1.807, 2.05) is 0 Å². The fourth-order valence-electron chi connectivity index (χ4n) is 3.65. The smallest absolute Gasteiger partial charge is 0.428 e. The Morgan fingerprint density at radius 2 is 1.92 bits per heavy atom. The Morgan fingerprint density at radius 1 is 1.22 bits per heavy atom. The van der Waals surface area contributed by atoms with E-state index in [1.165, 1.54) is 18.2 Å². The van der Waals surface area contributed by atoms with E-state index in [4.69, 9.17) is 12.3 Å². The van der Waals surface area contributed by atoms with Crippen molar-refractivity contribution in [1.82, 2.24) is 4.98 Å². The molecule has 7 nitrogen and oxygen atoms in total. The lowest BCUT2D eigenvalue weighted by Gasteiger charge is -2.43. The van der Waals surface area contributed by atoms with Gasteiger partial charge in [0.2, 0.25) is 11.8 Å². The first kappa shape index (κ1) is 26.9. The number of carbonyl (C=O) groups excluding carboxylic acids is 1. The van der Waals surface area contributed by atoms with Gasteiger partial charge in [-0.3, -0.25) is 9.78 Å². The molecular formula is C22H17F7N4O3. The van der Waals surface area contributed by atoms with Crippen molar-refractivity contribution in [2.45, 2.75) is 43.4 Å². The van der Waals surface area contributed by atoms with Crippen molar-refractivity contribution in [3.63, 3.8) is 0 Å². The van der Waals surface area contributed by atoms with Gasteiger partial charge in [-0.05, 0) is 30.7 Å². The van der Waals surface area contributed by atoms with Crippen LogP contribution in [0.2, 0.25) is 0 Å². The van der Waals surface area contributed by atoms with E-state index in [0.717, 1.165) is 25.3 Å². The molecule has 1 aliphatic rings. The number of hydrogen-bond donors (Lipinski definition) is 1. The van der Waals surface area contributed by atoms with Crippen molar-refractivity contribution in [3.05, 3.63) is 70.6 Å². The molecule has 2 N–H and O–H groups in total. The monoisotopic (exact) mass is 518 g/mol. The minimum atomic E-state index is -5.24. The molecule has 0 spiro atoms. The number of benzene rings is 1. The van der Waals surface area contributed by atoms with Gasteiger partial charge < -0.3 is 15.2 Å². The molecule has 1 aromatic carbocycles. The molecule has 0 aliphatic carbocycles. The van der Waals surface area contributed by atoms with Crippen LogP contribution in [0.4, 0.5) is 36.4 Å². The van der Waals surface area contributed by atoms with E-state index in [9.17, 15) is 35.5 Å². The molecular weight excluding hydrogens is 501 g/mol. The summed E-state index contributed by atoms with van der Waals surface area (Å²) >= 11 is 0. The molecule has 0 bridgehead atoms. The number of aliphatic imine (C=N–C) groups is 1. The number of ketones is 1. The summed E-state index contributed by atoms with van der Waals surface area (Å²) in [7, 11) is 0. The van der Waals surface area contributed by atoms with E-state index >= 15 is 0 Å². The van der Waals surface area contributed by atoms with Gasteiger partial charge in [-0.15, -0.1) is 0 Å². The second-order valence-corrected chi connectivity index (χ2v) is 7.95. The average Bonchev–Trinajstić information content (AvgIpc) is 2.78. The summed E-state index contributed by atoms with van der Waals surface area (Å²) in [5.74, 6) is -1.68. The number of carbonyl (C=O) groups is 1. The molecule has 2 aromatic rings. The van der Waals surface area contributed by atoms with E-state index < -0.39 is 59.9 Å². The minimum Gasteiger partial charge on any atom is -0.449 e. The molecule has 14 heteroatoms. The van der Waals surface area contributed by atoms with Crippen molar-refractivity contribution in [3.8, 4) is 0 Å². The number of ether oxygens (including phenoxy) is 2. The van der Waals surface area contributed by atoms with Crippen LogP contribution in [0.15, 0.2) is 41.5 Å². The van der Waals surface area contributed by atoms with Gasteiger partial charge in [-0.2, -0.15) is 26.3 Å². The summed E-state index contributed by atoms with van der Waals surface area (Å²) in [5, 5.41) is 0. The zero-order valence-electron chi connectivity index (χ0n) is 18.3. The Labute approximate surface area is 199 Å². The first-order valence-electron chi connectivity index (χ1n) is 10.1. The molecule has 0 fully saturated rings. The number of aromatic nitrogens is 1. The molecule has 192 valence electrons. The fourth-order valence-corrected chi connectivity index (χ4v) is 3.65. The predicted octanol–water partition coefficient (Wildman–Crippen LogP) is 4.64. The normalized spacial score (nSPS) is 22.4. The zero-order chi connectivity index (χ0) is 26.9. The molecule has 3 rings (SSSR count). The number of nitrogens with two attached hydrogens (primary N) is 1. The highest BCUT2D eigenvalue weighted by atomic mass is 19.4. The molecule has 0 saturated carbocycles. The second-order valence-electron chi connectivity index (χ2n) is 7.95. The highest BCUT2D eigenvalue weighted by molar-refractivity contribution is 5.96. The summed E-state index contributed by atoms with van der Waals surface area (Å²) in [6.07, 6.45) is -14.9. The van der Waals surface area contributed by atoms with Crippen LogP contribution >= 0.6 is 0 Å². The minimum absolute atomic E-state index is 0.0312. The summed E-state index contributed by atoms with van der Waals surface area (Å²) in [6, 6.07) is 4.62. The number of nitrogens with zero attached hydrogens (tertiary/aromatic N) is 3. The highest BCUT2D eigenvalue weighted by Gasteiger charge is 2.59. The second kappa shape index (κ2) is 9.73. The number of halogens is 7. The van der Waals surface area contributed by atoms with Crippen molar-refractivity contribution in [2.75, 3.05) is 6.61 Å². The number of Topliss-reactive ketones (excluding diaryl/α,β-unsaturated/α-hetero) is 1. The van der Waals surface area contributed by atoms with Gasteiger partial charge in [0.25, 0.3) is 6.02 Å². The SMILES string of the molecule is [C-]#[N+]c1ccc(C(=O)Cc2ccc(F)c([C@@]3(C)N=C(N)O[C@H](C(F)(F)F)[C@@H]3OCC(F)(F)F)c2)nc1. The van der Waals surface area contributed by atoms with E-state index in [2.05, 4.69) is 24.3 Å². The van der Waals surface area contributed by atoms with Crippen molar-refractivity contribution < 1.29 is 45.0 Å².